The maximum atomic E-state index is 12.2. The first kappa shape index (κ1) is 17.0. The summed E-state index contributed by atoms with van der Waals surface area (Å²) in [4.78, 5) is 12.2. The second-order valence-corrected chi connectivity index (χ2v) is 5.78. The topological polar surface area (TPSA) is 72.9 Å². The molecule has 1 aliphatic rings. The van der Waals surface area contributed by atoms with Crippen LogP contribution in [-0.4, -0.2) is 22.2 Å². The molecule has 114 valence electrons. The number of rotatable bonds is 4. The Hall–Kier alpha value is -1.07. The predicted octanol–water partition coefficient (Wildman–Crippen LogP) is 2.39. The van der Waals surface area contributed by atoms with Crippen molar-refractivity contribution < 1.29 is 4.79 Å². The highest BCUT2D eigenvalue weighted by atomic mass is 35.5. The molecule has 1 aromatic heterocycles. The van der Waals surface area contributed by atoms with Gasteiger partial charge in [0.05, 0.1) is 5.69 Å². The molecule has 0 aliphatic heterocycles. The van der Waals surface area contributed by atoms with Crippen LogP contribution < -0.4 is 11.1 Å². The van der Waals surface area contributed by atoms with Crippen molar-refractivity contribution in [3.63, 3.8) is 0 Å². The zero-order valence-electron chi connectivity index (χ0n) is 12.3. The van der Waals surface area contributed by atoms with Gasteiger partial charge < -0.3 is 11.1 Å². The summed E-state index contributed by atoms with van der Waals surface area (Å²) in [5.41, 5.74) is 6.83. The second kappa shape index (κ2) is 7.09. The first-order valence-electron chi connectivity index (χ1n) is 7.05. The van der Waals surface area contributed by atoms with Gasteiger partial charge in [-0.2, -0.15) is 5.10 Å². The number of amides is 1. The maximum absolute atomic E-state index is 12.2. The average Bonchev–Trinajstić information content (AvgIpc) is 2.68. The van der Waals surface area contributed by atoms with E-state index in [-0.39, 0.29) is 23.7 Å². The Balaban J connectivity index is 0.00000200. The Morgan fingerprint density at radius 3 is 2.60 bits per heavy atom. The van der Waals surface area contributed by atoms with Gasteiger partial charge in [-0.3, -0.25) is 9.48 Å². The smallest absolute Gasteiger partial charge is 0.226 e. The molecule has 0 spiro atoms. The molecule has 2 rings (SSSR count). The molecule has 0 aromatic carbocycles. The Morgan fingerprint density at radius 1 is 1.45 bits per heavy atom. The van der Waals surface area contributed by atoms with Gasteiger partial charge in [0.1, 0.15) is 5.82 Å². The summed E-state index contributed by atoms with van der Waals surface area (Å²) >= 11 is 0. The summed E-state index contributed by atoms with van der Waals surface area (Å²) in [5.74, 6) is 0.806. The Labute approximate surface area is 126 Å². The minimum atomic E-state index is 0. The number of carbonyl (C=O) groups excluding carboxylic acids is 1. The van der Waals surface area contributed by atoms with Gasteiger partial charge in [-0.15, -0.1) is 12.4 Å². The molecule has 1 amide bonds. The van der Waals surface area contributed by atoms with E-state index in [9.17, 15) is 4.79 Å². The van der Waals surface area contributed by atoms with Gasteiger partial charge >= 0.3 is 0 Å². The van der Waals surface area contributed by atoms with Crippen LogP contribution in [0.1, 0.15) is 44.2 Å². The third kappa shape index (κ3) is 3.96. The summed E-state index contributed by atoms with van der Waals surface area (Å²) < 4.78 is 1.70. The normalized spacial score (nSPS) is 17.4. The fraction of sp³-hybridized carbons (Fsp3) is 0.714. The van der Waals surface area contributed by atoms with E-state index in [2.05, 4.69) is 10.4 Å². The molecule has 3 N–H and O–H groups in total. The number of hydrogen-bond acceptors (Lipinski definition) is 3. The highest BCUT2D eigenvalue weighted by Crippen LogP contribution is 2.38. The maximum Gasteiger partial charge on any atom is 0.226 e. The van der Waals surface area contributed by atoms with E-state index in [1.807, 2.05) is 20.0 Å². The Morgan fingerprint density at radius 2 is 2.10 bits per heavy atom. The lowest BCUT2D eigenvalue weighted by atomic mass is 9.71. The summed E-state index contributed by atoms with van der Waals surface area (Å²) in [7, 11) is 1.84. The van der Waals surface area contributed by atoms with E-state index < -0.39 is 0 Å². The van der Waals surface area contributed by atoms with E-state index in [1.54, 1.807) is 4.68 Å². The van der Waals surface area contributed by atoms with E-state index >= 15 is 0 Å². The Bertz CT molecular complexity index is 452. The second-order valence-electron chi connectivity index (χ2n) is 5.78. The summed E-state index contributed by atoms with van der Waals surface area (Å²) in [6, 6.07) is 1.88. The SMILES string of the molecule is Cc1cc(NC(=O)CC2(CN)CCCCC2)n(C)n1.Cl. The molecule has 1 aliphatic carbocycles. The molecule has 0 unspecified atom stereocenters. The molecule has 0 atom stereocenters. The van der Waals surface area contributed by atoms with Crippen LogP contribution in [0.5, 0.6) is 0 Å². The molecule has 1 aromatic rings. The fourth-order valence-corrected chi connectivity index (χ4v) is 3.01. The lowest BCUT2D eigenvalue weighted by Crippen LogP contribution is -2.36. The van der Waals surface area contributed by atoms with E-state index in [0.717, 1.165) is 24.4 Å². The van der Waals surface area contributed by atoms with Crippen LogP contribution in [0.25, 0.3) is 0 Å². The van der Waals surface area contributed by atoms with Crippen molar-refractivity contribution in [1.29, 1.82) is 0 Å². The zero-order chi connectivity index (χ0) is 13.9. The molecular weight excluding hydrogens is 276 g/mol. The lowest BCUT2D eigenvalue weighted by Gasteiger charge is -2.35. The molecular formula is C14H25ClN4O. The molecule has 1 fully saturated rings. The van der Waals surface area contributed by atoms with Crippen LogP contribution >= 0.6 is 12.4 Å². The monoisotopic (exact) mass is 300 g/mol. The van der Waals surface area contributed by atoms with Crippen LogP contribution in [0.2, 0.25) is 0 Å². The van der Waals surface area contributed by atoms with Crippen LogP contribution in [0, 0.1) is 12.3 Å². The summed E-state index contributed by atoms with van der Waals surface area (Å²) in [6.07, 6.45) is 6.31. The molecule has 5 nitrogen and oxygen atoms in total. The highest BCUT2D eigenvalue weighted by molar-refractivity contribution is 5.90. The van der Waals surface area contributed by atoms with Gasteiger partial charge in [0, 0.05) is 19.5 Å². The number of aromatic nitrogens is 2. The highest BCUT2D eigenvalue weighted by Gasteiger charge is 2.33. The molecule has 1 saturated carbocycles. The number of anilines is 1. The van der Waals surface area contributed by atoms with Crippen molar-refractivity contribution in [1.82, 2.24) is 9.78 Å². The quantitative estimate of drug-likeness (QED) is 0.896. The molecule has 6 heteroatoms. The van der Waals surface area contributed by atoms with Crippen LogP contribution in [0.3, 0.4) is 0 Å². The van der Waals surface area contributed by atoms with Crippen molar-refractivity contribution in [3.05, 3.63) is 11.8 Å². The van der Waals surface area contributed by atoms with Crippen molar-refractivity contribution in [2.45, 2.75) is 45.4 Å². The van der Waals surface area contributed by atoms with E-state index in [0.29, 0.717) is 13.0 Å². The first-order valence-corrected chi connectivity index (χ1v) is 7.05. The minimum absolute atomic E-state index is 0. The number of nitrogens with one attached hydrogen (secondary N) is 1. The van der Waals surface area contributed by atoms with Gasteiger partial charge in [0.2, 0.25) is 5.91 Å². The Kier molecular flexibility index (Phi) is 6.02. The predicted molar refractivity (Wildman–Crippen MR) is 83.0 cm³/mol. The van der Waals surface area contributed by atoms with E-state index in [4.69, 9.17) is 5.73 Å². The largest absolute Gasteiger partial charge is 0.330 e. The van der Waals surface area contributed by atoms with E-state index in [1.165, 1.54) is 19.3 Å². The van der Waals surface area contributed by atoms with Gasteiger partial charge in [-0.1, -0.05) is 19.3 Å². The summed E-state index contributed by atoms with van der Waals surface area (Å²) in [6.45, 7) is 2.52. The number of hydrogen-bond donors (Lipinski definition) is 2. The van der Waals surface area contributed by atoms with Crippen LogP contribution in [-0.2, 0) is 11.8 Å². The van der Waals surface area contributed by atoms with Crippen molar-refractivity contribution in [2.75, 3.05) is 11.9 Å². The number of nitrogens with zero attached hydrogens (tertiary/aromatic N) is 2. The van der Waals surface area contributed by atoms with Gasteiger partial charge in [0.15, 0.2) is 0 Å². The molecule has 20 heavy (non-hydrogen) atoms. The van der Waals surface area contributed by atoms with Gasteiger partial charge in [0.25, 0.3) is 0 Å². The number of aryl methyl sites for hydroxylation is 2. The molecule has 1 heterocycles. The standard InChI is InChI=1S/C14H24N4O.ClH/c1-11-8-12(18(2)17-11)16-13(19)9-14(10-15)6-4-3-5-7-14;/h8H,3-7,9-10,15H2,1-2H3,(H,16,19);1H. The van der Waals surface area contributed by atoms with Gasteiger partial charge in [-0.05, 0) is 31.7 Å². The third-order valence-electron chi connectivity index (χ3n) is 4.15. The lowest BCUT2D eigenvalue weighted by molar-refractivity contribution is -0.118. The van der Waals surface area contributed by atoms with Crippen molar-refractivity contribution in [2.24, 2.45) is 18.2 Å². The molecule has 0 saturated heterocycles. The van der Waals surface area contributed by atoms with Crippen LogP contribution in [0.4, 0.5) is 5.82 Å². The number of nitrogens with two attached hydrogens (primary N) is 1. The minimum Gasteiger partial charge on any atom is -0.330 e. The number of carbonyl (C=O) groups is 1. The number of halogens is 1. The molecule has 0 bridgehead atoms. The fourth-order valence-electron chi connectivity index (χ4n) is 3.01. The van der Waals surface area contributed by atoms with Crippen molar-refractivity contribution in [3.8, 4) is 0 Å². The van der Waals surface area contributed by atoms with Gasteiger partial charge in [-0.25, -0.2) is 0 Å². The summed E-state index contributed by atoms with van der Waals surface area (Å²) in [5, 5.41) is 7.17. The third-order valence-corrected chi connectivity index (χ3v) is 4.15. The molecule has 0 radical (unpaired) electrons. The zero-order valence-corrected chi connectivity index (χ0v) is 13.1. The average molecular weight is 301 g/mol. The van der Waals surface area contributed by atoms with Crippen molar-refractivity contribution >= 4 is 24.1 Å². The first-order chi connectivity index (χ1) is 9.04. The van der Waals surface area contributed by atoms with Crippen LogP contribution in [0.15, 0.2) is 6.07 Å².